The summed E-state index contributed by atoms with van der Waals surface area (Å²) < 4.78 is 5.85. The second-order valence-corrected chi connectivity index (χ2v) is 6.57. The van der Waals surface area contributed by atoms with Crippen LogP contribution in [0.3, 0.4) is 0 Å². The molecule has 1 saturated carbocycles. The first-order valence-electron chi connectivity index (χ1n) is 8.34. The number of ether oxygens (including phenoxy) is 1. The first-order valence-corrected chi connectivity index (χ1v) is 8.34. The number of Topliss-reactive ketones (excluding diaryl/α,β-unsaturated/α-hetero) is 1. The molecule has 1 fully saturated rings. The molecule has 0 aliphatic heterocycles. The van der Waals surface area contributed by atoms with E-state index in [1.54, 1.807) is 0 Å². The zero-order chi connectivity index (χ0) is 15.2. The van der Waals surface area contributed by atoms with Crippen molar-refractivity contribution in [1.82, 2.24) is 0 Å². The standard InChI is InChI=1S/C19H28O2/c1-4-5-16-7-9-17(10-8-16)19(20)13-21-18-11-6-14(2)15(3)12-18/h7-10,14-15,18H,4-6,11-13H2,1-3H3. The molecule has 0 N–H and O–H groups in total. The topological polar surface area (TPSA) is 26.3 Å². The Hall–Kier alpha value is -1.15. The lowest BCUT2D eigenvalue weighted by Gasteiger charge is -2.31. The molecule has 1 aromatic rings. The van der Waals surface area contributed by atoms with Crippen LogP contribution in [0.4, 0.5) is 0 Å². The van der Waals surface area contributed by atoms with Gasteiger partial charge in [0.15, 0.2) is 5.78 Å². The van der Waals surface area contributed by atoms with Crippen molar-refractivity contribution >= 4 is 5.78 Å². The average Bonchev–Trinajstić information content (AvgIpc) is 2.49. The van der Waals surface area contributed by atoms with Crippen molar-refractivity contribution in [2.45, 2.75) is 59.0 Å². The van der Waals surface area contributed by atoms with Crippen molar-refractivity contribution in [3.8, 4) is 0 Å². The summed E-state index contributed by atoms with van der Waals surface area (Å²) in [4.78, 5) is 12.2. The van der Waals surface area contributed by atoms with Gasteiger partial charge < -0.3 is 4.74 Å². The average molecular weight is 288 g/mol. The van der Waals surface area contributed by atoms with E-state index in [9.17, 15) is 4.79 Å². The molecule has 3 atom stereocenters. The highest BCUT2D eigenvalue weighted by atomic mass is 16.5. The summed E-state index contributed by atoms with van der Waals surface area (Å²) in [6.07, 6.45) is 5.86. The molecule has 21 heavy (non-hydrogen) atoms. The fraction of sp³-hybridized carbons (Fsp3) is 0.632. The molecule has 0 spiro atoms. The van der Waals surface area contributed by atoms with Crippen molar-refractivity contribution in [3.05, 3.63) is 35.4 Å². The van der Waals surface area contributed by atoms with Gasteiger partial charge >= 0.3 is 0 Å². The van der Waals surface area contributed by atoms with E-state index in [4.69, 9.17) is 4.74 Å². The summed E-state index contributed by atoms with van der Waals surface area (Å²) in [5.41, 5.74) is 2.07. The minimum absolute atomic E-state index is 0.101. The lowest BCUT2D eigenvalue weighted by atomic mass is 9.80. The highest BCUT2D eigenvalue weighted by molar-refractivity contribution is 5.97. The number of hydrogen-bond acceptors (Lipinski definition) is 2. The third-order valence-corrected chi connectivity index (χ3v) is 4.81. The van der Waals surface area contributed by atoms with Crippen LogP contribution in [0, 0.1) is 11.8 Å². The Morgan fingerprint density at radius 2 is 1.86 bits per heavy atom. The second-order valence-electron chi connectivity index (χ2n) is 6.57. The molecule has 0 aromatic heterocycles. The molecule has 2 rings (SSSR count). The highest BCUT2D eigenvalue weighted by Gasteiger charge is 2.25. The summed E-state index contributed by atoms with van der Waals surface area (Å²) in [5.74, 6) is 1.59. The molecule has 1 aliphatic rings. The van der Waals surface area contributed by atoms with Gasteiger partial charge in [-0.1, -0.05) is 51.5 Å². The fourth-order valence-electron chi connectivity index (χ4n) is 3.07. The summed E-state index contributed by atoms with van der Waals surface area (Å²) in [7, 11) is 0. The molecule has 0 saturated heterocycles. The maximum atomic E-state index is 12.2. The number of ketones is 1. The highest BCUT2D eigenvalue weighted by Crippen LogP contribution is 2.30. The molecular formula is C19H28O2. The van der Waals surface area contributed by atoms with Gasteiger partial charge in [-0.15, -0.1) is 0 Å². The predicted molar refractivity (Wildman–Crippen MR) is 86.7 cm³/mol. The van der Waals surface area contributed by atoms with Crippen LogP contribution in [-0.2, 0) is 11.2 Å². The molecule has 0 radical (unpaired) electrons. The first-order chi connectivity index (χ1) is 10.1. The van der Waals surface area contributed by atoms with Crippen LogP contribution < -0.4 is 0 Å². The summed E-state index contributed by atoms with van der Waals surface area (Å²) in [6.45, 7) is 6.98. The van der Waals surface area contributed by atoms with E-state index in [1.165, 1.54) is 12.0 Å². The molecule has 116 valence electrons. The third-order valence-electron chi connectivity index (χ3n) is 4.81. The zero-order valence-corrected chi connectivity index (χ0v) is 13.6. The van der Waals surface area contributed by atoms with Gasteiger partial charge in [0.25, 0.3) is 0 Å². The Kier molecular flexibility index (Phi) is 5.98. The molecule has 2 nitrogen and oxygen atoms in total. The minimum Gasteiger partial charge on any atom is -0.370 e. The van der Waals surface area contributed by atoms with Crippen molar-refractivity contribution < 1.29 is 9.53 Å². The van der Waals surface area contributed by atoms with Gasteiger partial charge in [0, 0.05) is 5.56 Å². The van der Waals surface area contributed by atoms with E-state index in [1.807, 2.05) is 12.1 Å². The van der Waals surface area contributed by atoms with Gasteiger partial charge in [-0.3, -0.25) is 4.79 Å². The summed E-state index contributed by atoms with van der Waals surface area (Å²) >= 11 is 0. The van der Waals surface area contributed by atoms with E-state index >= 15 is 0 Å². The number of hydrogen-bond donors (Lipinski definition) is 0. The largest absolute Gasteiger partial charge is 0.370 e. The minimum atomic E-state index is 0.101. The molecule has 1 aliphatic carbocycles. The number of carbonyl (C=O) groups is 1. The summed E-state index contributed by atoms with van der Waals surface area (Å²) in [5, 5.41) is 0. The van der Waals surface area contributed by atoms with Gasteiger partial charge in [0.05, 0.1) is 6.10 Å². The quantitative estimate of drug-likeness (QED) is 0.711. The van der Waals surface area contributed by atoms with Crippen molar-refractivity contribution in [2.24, 2.45) is 11.8 Å². The fourth-order valence-corrected chi connectivity index (χ4v) is 3.07. The molecule has 0 bridgehead atoms. The Morgan fingerprint density at radius 3 is 2.48 bits per heavy atom. The second kappa shape index (κ2) is 7.74. The van der Waals surface area contributed by atoms with E-state index < -0.39 is 0 Å². The van der Waals surface area contributed by atoms with Crippen molar-refractivity contribution in [1.29, 1.82) is 0 Å². The van der Waals surface area contributed by atoms with E-state index in [-0.39, 0.29) is 18.5 Å². The number of carbonyl (C=O) groups excluding carboxylic acids is 1. The Bertz CT molecular complexity index is 449. The zero-order valence-electron chi connectivity index (χ0n) is 13.6. The van der Waals surface area contributed by atoms with Crippen LogP contribution in [0.2, 0.25) is 0 Å². The van der Waals surface area contributed by atoms with Crippen molar-refractivity contribution in [3.63, 3.8) is 0 Å². The van der Waals surface area contributed by atoms with Crippen LogP contribution in [-0.4, -0.2) is 18.5 Å². The molecule has 0 heterocycles. The molecule has 1 aromatic carbocycles. The molecular weight excluding hydrogens is 260 g/mol. The normalized spacial score (nSPS) is 25.8. The molecule has 0 amide bonds. The van der Waals surface area contributed by atoms with Crippen LogP contribution in [0.15, 0.2) is 24.3 Å². The Labute approximate surface area is 128 Å². The number of aryl methyl sites for hydroxylation is 1. The Morgan fingerprint density at radius 1 is 1.14 bits per heavy atom. The van der Waals surface area contributed by atoms with E-state index in [0.717, 1.165) is 37.2 Å². The Balaban J connectivity index is 1.81. The van der Waals surface area contributed by atoms with E-state index in [2.05, 4.69) is 32.9 Å². The predicted octanol–water partition coefficient (Wildman–Crippen LogP) is 4.66. The maximum Gasteiger partial charge on any atom is 0.188 e. The van der Waals surface area contributed by atoms with Crippen LogP contribution in [0.1, 0.15) is 62.4 Å². The smallest absolute Gasteiger partial charge is 0.188 e. The monoisotopic (exact) mass is 288 g/mol. The van der Waals surface area contributed by atoms with Gasteiger partial charge in [-0.25, -0.2) is 0 Å². The van der Waals surface area contributed by atoms with Gasteiger partial charge in [0.1, 0.15) is 6.61 Å². The SMILES string of the molecule is CCCc1ccc(C(=O)COC2CCC(C)C(C)C2)cc1. The lowest BCUT2D eigenvalue weighted by molar-refractivity contribution is 0.00708. The van der Waals surface area contributed by atoms with Crippen LogP contribution in [0.25, 0.3) is 0 Å². The van der Waals surface area contributed by atoms with Gasteiger partial charge in [0.2, 0.25) is 0 Å². The van der Waals surface area contributed by atoms with Crippen LogP contribution >= 0.6 is 0 Å². The molecule has 2 heteroatoms. The lowest BCUT2D eigenvalue weighted by Crippen LogP contribution is -2.28. The summed E-state index contributed by atoms with van der Waals surface area (Å²) in [6, 6.07) is 7.98. The van der Waals surface area contributed by atoms with Crippen molar-refractivity contribution in [2.75, 3.05) is 6.61 Å². The number of benzene rings is 1. The number of rotatable bonds is 6. The first kappa shape index (κ1) is 16.2. The van der Waals surface area contributed by atoms with Gasteiger partial charge in [-0.2, -0.15) is 0 Å². The van der Waals surface area contributed by atoms with E-state index in [0.29, 0.717) is 5.92 Å². The third kappa shape index (κ3) is 4.67. The van der Waals surface area contributed by atoms with Crippen LogP contribution in [0.5, 0.6) is 0 Å². The maximum absolute atomic E-state index is 12.2. The molecule has 3 unspecified atom stereocenters. The van der Waals surface area contributed by atoms with Gasteiger partial charge in [-0.05, 0) is 43.1 Å².